The van der Waals surface area contributed by atoms with Gasteiger partial charge in [-0.2, -0.15) is 0 Å². The van der Waals surface area contributed by atoms with Crippen LogP contribution in [0, 0.1) is 0 Å². The lowest BCUT2D eigenvalue weighted by Crippen LogP contribution is -2.20. The van der Waals surface area contributed by atoms with Gasteiger partial charge in [0.15, 0.2) is 11.7 Å². The number of aromatic nitrogens is 1. The second kappa shape index (κ2) is 8.86. The van der Waals surface area contributed by atoms with E-state index in [2.05, 4.69) is 26.2 Å². The summed E-state index contributed by atoms with van der Waals surface area (Å²) in [5.74, 6) is 0.0509. The molecule has 0 spiro atoms. The standard InChI is InChI=1S/C18H13BrCl2N2O2S/c19-12-3-1-11(2-4-12)7-14-9-22-18(26-14)23-17(24)10-25-16-8-13(20)5-6-15(16)21/h1-6,8-9H,7,10H2,(H,22,23,24). The zero-order valence-corrected chi connectivity index (χ0v) is 17.3. The van der Waals surface area contributed by atoms with Crippen LogP contribution in [0.25, 0.3) is 0 Å². The van der Waals surface area contributed by atoms with Crippen LogP contribution in [0.2, 0.25) is 10.0 Å². The summed E-state index contributed by atoms with van der Waals surface area (Å²) in [6, 6.07) is 12.9. The second-order valence-electron chi connectivity index (χ2n) is 5.35. The third kappa shape index (κ3) is 5.45. The Morgan fingerprint density at radius 2 is 1.96 bits per heavy atom. The van der Waals surface area contributed by atoms with Crippen molar-refractivity contribution in [3.8, 4) is 5.75 Å². The lowest BCUT2D eigenvalue weighted by atomic mass is 10.1. The molecule has 1 amide bonds. The van der Waals surface area contributed by atoms with Gasteiger partial charge in [-0.1, -0.05) is 51.3 Å². The average molecular weight is 472 g/mol. The van der Waals surface area contributed by atoms with Gasteiger partial charge in [-0.15, -0.1) is 11.3 Å². The molecule has 0 aliphatic rings. The highest BCUT2D eigenvalue weighted by Gasteiger charge is 2.10. The van der Waals surface area contributed by atoms with Crippen molar-refractivity contribution in [2.45, 2.75) is 6.42 Å². The van der Waals surface area contributed by atoms with Crippen molar-refractivity contribution in [3.05, 3.63) is 73.6 Å². The molecule has 1 N–H and O–H groups in total. The van der Waals surface area contributed by atoms with E-state index in [0.29, 0.717) is 20.9 Å². The van der Waals surface area contributed by atoms with Gasteiger partial charge >= 0.3 is 0 Å². The summed E-state index contributed by atoms with van der Waals surface area (Å²) in [5.41, 5.74) is 1.17. The summed E-state index contributed by atoms with van der Waals surface area (Å²) in [6.07, 6.45) is 2.52. The van der Waals surface area contributed by atoms with Gasteiger partial charge in [-0.05, 0) is 29.8 Å². The smallest absolute Gasteiger partial charge is 0.264 e. The highest BCUT2D eigenvalue weighted by atomic mass is 79.9. The van der Waals surface area contributed by atoms with Crippen LogP contribution in [0.4, 0.5) is 5.13 Å². The quantitative estimate of drug-likeness (QED) is 0.492. The van der Waals surface area contributed by atoms with Crippen LogP contribution in [0.15, 0.2) is 53.1 Å². The number of halogens is 3. The van der Waals surface area contributed by atoms with Crippen LogP contribution in [0.5, 0.6) is 5.75 Å². The van der Waals surface area contributed by atoms with Crippen LogP contribution in [0.3, 0.4) is 0 Å². The van der Waals surface area contributed by atoms with E-state index in [4.69, 9.17) is 27.9 Å². The summed E-state index contributed by atoms with van der Waals surface area (Å²) in [6.45, 7) is -0.179. The molecule has 0 fully saturated rings. The van der Waals surface area contributed by atoms with Crippen molar-refractivity contribution < 1.29 is 9.53 Å². The molecule has 26 heavy (non-hydrogen) atoms. The number of nitrogens with zero attached hydrogens (tertiary/aromatic N) is 1. The first-order chi connectivity index (χ1) is 12.5. The lowest BCUT2D eigenvalue weighted by Gasteiger charge is -2.07. The van der Waals surface area contributed by atoms with Crippen LogP contribution in [-0.4, -0.2) is 17.5 Å². The van der Waals surface area contributed by atoms with Gasteiger partial charge in [-0.25, -0.2) is 4.98 Å². The third-order valence-electron chi connectivity index (χ3n) is 3.34. The van der Waals surface area contributed by atoms with Crippen molar-refractivity contribution in [2.24, 2.45) is 0 Å². The Morgan fingerprint density at radius 3 is 2.73 bits per heavy atom. The van der Waals surface area contributed by atoms with Crippen molar-refractivity contribution in [1.29, 1.82) is 0 Å². The molecule has 1 aromatic heterocycles. The van der Waals surface area contributed by atoms with Gasteiger partial charge in [0.2, 0.25) is 0 Å². The molecule has 0 saturated carbocycles. The molecule has 0 saturated heterocycles. The Hall–Kier alpha value is -1.60. The Kier molecular flexibility index (Phi) is 6.53. The molecule has 134 valence electrons. The van der Waals surface area contributed by atoms with Crippen LogP contribution < -0.4 is 10.1 Å². The molecule has 0 radical (unpaired) electrons. The van der Waals surface area contributed by atoms with Gasteiger partial charge in [0.1, 0.15) is 5.75 Å². The number of carbonyl (C=O) groups is 1. The van der Waals surface area contributed by atoms with Gasteiger partial charge in [0.25, 0.3) is 5.91 Å². The maximum atomic E-state index is 12.0. The number of carbonyl (C=O) groups excluding carboxylic acids is 1. The van der Waals surface area contributed by atoms with Gasteiger partial charge in [-0.3, -0.25) is 10.1 Å². The Morgan fingerprint density at radius 1 is 1.19 bits per heavy atom. The predicted molar refractivity (Wildman–Crippen MR) is 110 cm³/mol. The second-order valence-corrected chi connectivity index (χ2v) is 8.22. The van der Waals surface area contributed by atoms with E-state index in [1.165, 1.54) is 16.9 Å². The molecule has 0 aliphatic carbocycles. The lowest BCUT2D eigenvalue weighted by molar-refractivity contribution is -0.118. The van der Waals surface area contributed by atoms with Crippen molar-refractivity contribution in [2.75, 3.05) is 11.9 Å². The van der Waals surface area contributed by atoms with E-state index in [0.717, 1.165) is 15.8 Å². The van der Waals surface area contributed by atoms with Crippen LogP contribution in [-0.2, 0) is 11.2 Å². The number of anilines is 1. The molecule has 4 nitrogen and oxygen atoms in total. The van der Waals surface area contributed by atoms with Crippen molar-refractivity contribution in [3.63, 3.8) is 0 Å². The molecule has 8 heteroatoms. The first-order valence-electron chi connectivity index (χ1n) is 7.56. The first-order valence-corrected chi connectivity index (χ1v) is 9.93. The Labute approximate surface area is 173 Å². The number of ether oxygens (including phenoxy) is 1. The fraction of sp³-hybridized carbons (Fsp3) is 0.111. The minimum absolute atomic E-state index is 0.179. The first kappa shape index (κ1) is 19.2. The zero-order chi connectivity index (χ0) is 18.5. The number of rotatable bonds is 6. The number of benzene rings is 2. The molecule has 0 aliphatic heterocycles. The minimum Gasteiger partial charge on any atom is -0.482 e. The Balaban J connectivity index is 1.54. The predicted octanol–water partition coefficient (Wildman–Crippen LogP) is 5.82. The van der Waals surface area contributed by atoms with E-state index in [1.54, 1.807) is 24.4 Å². The maximum Gasteiger partial charge on any atom is 0.264 e. The zero-order valence-electron chi connectivity index (χ0n) is 13.3. The number of thiazole rings is 1. The number of nitrogens with one attached hydrogen (secondary N) is 1. The maximum absolute atomic E-state index is 12.0. The number of hydrogen-bond donors (Lipinski definition) is 1. The number of hydrogen-bond acceptors (Lipinski definition) is 4. The van der Waals surface area contributed by atoms with E-state index >= 15 is 0 Å². The monoisotopic (exact) mass is 470 g/mol. The minimum atomic E-state index is -0.314. The summed E-state index contributed by atoms with van der Waals surface area (Å²) in [7, 11) is 0. The molecule has 0 atom stereocenters. The summed E-state index contributed by atoms with van der Waals surface area (Å²) < 4.78 is 6.45. The van der Waals surface area contributed by atoms with Gasteiger partial charge in [0, 0.05) is 33.1 Å². The largest absolute Gasteiger partial charge is 0.482 e. The molecule has 0 unspecified atom stereocenters. The van der Waals surface area contributed by atoms with Crippen LogP contribution in [0.1, 0.15) is 10.4 Å². The fourth-order valence-corrected chi connectivity index (χ4v) is 3.60. The molecule has 0 bridgehead atoms. The van der Waals surface area contributed by atoms with Crippen molar-refractivity contribution >= 4 is 61.5 Å². The molecular formula is C18H13BrCl2N2O2S. The van der Waals surface area contributed by atoms with E-state index in [9.17, 15) is 4.79 Å². The number of amides is 1. The summed E-state index contributed by atoms with van der Waals surface area (Å²) >= 11 is 16.7. The Bertz CT molecular complexity index is 916. The molecule has 2 aromatic carbocycles. The average Bonchev–Trinajstić information content (AvgIpc) is 3.04. The summed E-state index contributed by atoms with van der Waals surface area (Å²) in [4.78, 5) is 17.3. The molecular weight excluding hydrogens is 459 g/mol. The van der Waals surface area contributed by atoms with Gasteiger partial charge < -0.3 is 4.74 Å². The van der Waals surface area contributed by atoms with Crippen LogP contribution >= 0.6 is 50.5 Å². The SMILES string of the molecule is O=C(COc1cc(Cl)ccc1Cl)Nc1ncc(Cc2ccc(Br)cc2)s1. The highest BCUT2D eigenvalue weighted by molar-refractivity contribution is 9.10. The van der Waals surface area contributed by atoms with Gasteiger partial charge in [0.05, 0.1) is 5.02 Å². The fourth-order valence-electron chi connectivity index (χ4n) is 2.14. The molecule has 3 aromatic rings. The van der Waals surface area contributed by atoms with Crippen molar-refractivity contribution in [1.82, 2.24) is 4.98 Å². The van der Waals surface area contributed by atoms with E-state index in [-0.39, 0.29) is 12.5 Å². The topological polar surface area (TPSA) is 51.2 Å². The highest BCUT2D eigenvalue weighted by Crippen LogP contribution is 2.28. The third-order valence-corrected chi connectivity index (χ3v) is 5.33. The molecule has 1 heterocycles. The normalized spacial score (nSPS) is 10.6. The summed E-state index contributed by atoms with van der Waals surface area (Å²) in [5, 5.41) is 4.14. The van der Waals surface area contributed by atoms with E-state index < -0.39 is 0 Å². The molecule has 3 rings (SSSR count). The van der Waals surface area contributed by atoms with E-state index in [1.807, 2.05) is 24.3 Å².